The van der Waals surface area contributed by atoms with Gasteiger partial charge in [-0.1, -0.05) is 37.8 Å². The number of hydrogen-bond donors (Lipinski definition) is 1. The van der Waals surface area contributed by atoms with Gasteiger partial charge < -0.3 is 14.6 Å². The molecule has 2 unspecified atom stereocenters. The first-order valence-electron chi connectivity index (χ1n) is 8.05. The second-order valence-electron chi connectivity index (χ2n) is 6.90. The predicted molar refractivity (Wildman–Crippen MR) is 86.7 cm³/mol. The minimum Gasteiger partial charge on any atom is -0.389 e. The number of aliphatic hydroxyl groups is 1. The molecule has 2 atom stereocenters. The third kappa shape index (κ3) is 9.70. The zero-order valence-corrected chi connectivity index (χ0v) is 14.4. The van der Waals surface area contributed by atoms with Gasteiger partial charge in [0.15, 0.2) is 6.29 Å². The SMILES string of the molecule is C[Si](C)(C)CC/C=C\C(O)CCCOC1CCCCO1. The highest BCUT2D eigenvalue weighted by Crippen LogP contribution is 2.14. The Labute approximate surface area is 125 Å². The van der Waals surface area contributed by atoms with E-state index in [1.165, 1.54) is 12.5 Å². The van der Waals surface area contributed by atoms with Crippen LogP contribution in [0.2, 0.25) is 25.7 Å². The topological polar surface area (TPSA) is 38.7 Å². The first-order valence-corrected chi connectivity index (χ1v) is 11.8. The number of aliphatic hydroxyl groups excluding tert-OH is 1. The van der Waals surface area contributed by atoms with Gasteiger partial charge in [-0.15, -0.1) is 0 Å². The summed E-state index contributed by atoms with van der Waals surface area (Å²) in [5.74, 6) is 0. The Balaban J connectivity index is 1.99. The molecule has 1 rings (SSSR count). The second-order valence-corrected chi connectivity index (χ2v) is 12.5. The van der Waals surface area contributed by atoms with E-state index < -0.39 is 8.07 Å². The fourth-order valence-electron chi connectivity index (χ4n) is 2.22. The zero-order valence-electron chi connectivity index (χ0n) is 13.4. The van der Waals surface area contributed by atoms with Crippen LogP contribution < -0.4 is 0 Å². The Bertz CT molecular complexity index is 267. The molecule has 1 saturated heterocycles. The fraction of sp³-hybridized carbons (Fsp3) is 0.875. The number of ether oxygens (including phenoxy) is 2. The van der Waals surface area contributed by atoms with Crippen molar-refractivity contribution in [3.63, 3.8) is 0 Å². The third-order valence-electron chi connectivity index (χ3n) is 3.51. The molecule has 1 heterocycles. The fourth-order valence-corrected chi connectivity index (χ4v) is 3.25. The van der Waals surface area contributed by atoms with Crippen LogP contribution in [0.25, 0.3) is 0 Å². The summed E-state index contributed by atoms with van der Waals surface area (Å²) in [6.45, 7) is 8.64. The molecule has 0 saturated carbocycles. The summed E-state index contributed by atoms with van der Waals surface area (Å²) < 4.78 is 11.2. The third-order valence-corrected chi connectivity index (χ3v) is 5.29. The molecule has 0 bridgehead atoms. The lowest BCUT2D eigenvalue weighted by Gasteiger charge is -2.22. The summed E-state index contributed by atoms with van der Waals surface area (Å²) in [6.07, 6.45) is 9.87. The average Bonchev–Trinajstić information content (AvgIpc) is 2.40. The Kier molecular flexibility index (Phi) is 8.69. The van der Waals surface area contributed by atoms with Gasteiger partial charge in [0.05, 0.1) is 6.10 Å². The van der Waals surface area contributed by atoms with Crippen LogP contribution in [0.1, 0.15) is 38.5 Å². The van der Waals surface area contributed by atoms with Crippen molar-refractivity contribution in [2.75, 3.05) is 13.2 Å². The maximum atomic E-state index is 9.85. The van der Waals surface area contributed by atoms with Crippen molar-refractivity contribution >= 4 is 8.07 Å². The molecular formula is C16H32O3Si. The van der Waals surface area contributed by atoms with E-state index in [0.717, 1.165) is 38.7 Å². The van der Waals surface area contributed by atoms with E-state index in [4.69, 9.17) is 9.47 Å². The summed E-state index contributed by atoms with van der Waals surface area (Å²) in [5, 5.41) is 9.85. The summed E-state index contributed by atoms with van der Waals surface area (Å²) >= 11 is 0. The lowest BCUT2D eigenvalue weighted by Crippen LogP contribution is -2.22. The second kappa shape index (κ2) is 9.72. The highest BCUT2D eigenvalue weighted by molar-refractivity contribution is 6.76. The average molecular weight is 301 g/mol. The molecule has 0 aliphatic carbocycles. The van der Waals surface area contributed by atoms with Crippen molar-refractivity contribution in [3.05, 3.63) is 12.2 Å². The van der Waals surface area contributed by atoms with Gasteiger partial charge in [-0.25, -0.2) is 0 Å². The molecule has 0 aromatic heterocycles. The monoisotopic (exact) mass is 300 g/mol. The van der Waals surface area contributed by atoms with Crippen molar-refractivity contribution in [1.82, 2.24) is 0 Å². The first kappa shape index (κ1) is 17.9. The van der Waals surface area contributed by atoms with Crippen molar-refractivity contribution in [1.29, 1.82) is 0 Å². The van der Waals surface area contributed by atoms with Crippen LogP contribution >= 0.6 is 0 Å². The minimum absolute atomic E-state index is 0.00632. The predicted octanol–water partition coefficient (Wildman–Crippen LogP) is 3.96. The van der Waals surface area contributed by atoms with Crippen molar-refractivity contribution in [3.8, 4) is 0 Å². The highest BCUT2D eigenvalue weighted by Gasteiger charge is 2.13. The quantitative estimate of drug-likeness (QED) is 0.398. The number of allylic oxidation sites excluding steroid dienone is 1. The van der Waals surface area contributed by atoms with E-state index >= 15 is 0 Å². The van der Waals surface area contributed by atoms with Crippen LogP contribution in [0.5, 0.6) is 0 Å². The molecule has 3 nitrogen and oxygen atoms in total. The molecular weight excluding hydrogens is 268 g/mol. The summed E-state index contributed by atoms with van der Waals surface area (Å²) in [5.41, 5.74) is 0. The van der Waals surface area contributed by atoms with Gasteiger partial charge in [0.2, 0.25) is 0 Å². The lowest BCUT2D eigenvalue weighted by atomic mass is 10.2. The van der Waals surface area contributed by atoms with Gasteiger partial charge >= 0.3 is 0 Å². The highest BCUT2D eigenvalue weighted by atomic mass is 28.3. The minimum atomic E-state index is -0.946. The number of hydrogen-bond acceptors (Lipinski definition) is 3. The standard InChI is InChI=1S/C16H32O3Si/c1-20(2,3)14-7-5-9-15(17)10-8-13-19-16-11-4-6-12-18-16/h5,9,15-17H,4,6-8,10-14H2,1-3H3/b9-5-. The molecule has 1 fully saturated rings. The summed E-state index contributed by atoms with van der Waals surface area (Å²) in [4.78, 5) is 0. The Morgan fingerprint density at radius 2 is 2.15 bits per heavy atom. The van der Waals surface area contributed by atoms with Crippen LogP contribution in [0.3, 0.4) is 0 Å². The Hall–Kier alpha value is -0.163. The molecule has 1 N–H and O–H groups in total. The normalized spacial score (nSPS) is 22.3. The molecule has 0 spiro atoms. The van der Waals surface area contributed by atoms with Crippen LogP contribution in [0, 0.1) is 0 Å². The van der Waals surface area contributed by atoms with Crippen LogP contribution in [-0.4, -0.2) is 38.8 Å². The van der Waals surface area contributed by atoms with Crippen LogP contribution in [0.15, 0.2) is 12.2 Å². The van der Waals surface area contributed by atoms with Gasteiger partial charge in [-0.3, -0.25) is 0 Å². The van der Waals surface area contributed by atoms with E-state index in [2.05, 4.69) is 25.7 Å². The van der Waals surface area contributed by atoms with Crippen molar-refractivity contribution < 1.29 is 14.6 Å². The zero-order chi connectivity index (χ0) is 14.8. The Morgan fingerprint density at radius 1 is 1.35 bits per heavy atom. The lowest BCUT2D eigenvalue weighted by molar-refractivity contribution is -0.163. The molecule has 0 amide bonds. The molecule has 0 aromatic carbocycles. The molecule has 4 heteroatoms. The van der Waals surface area contributed by atoms with Crippen LogP contribution in [0.4, 0.5) is 0 Å². The van der Waals surface area contributed by atoms with Gasteiger partial charge in [0.25, 0.3) is 0 Å². The van der Waals surface area contributed by atoms with Crippen molar-refractivity contribution in [2.45, 2.75) is 76.6 Å². The van der Waals surface area contributed by atoms with E-state index in [9.17, 15) is 5.11 Å². The van der Waals surface area contributed by atoms with Gasteiger partial charge in [-0.2, -0.15) is 0 Å². The largest absolute Gasteiger partial charge is 0.389 e. The van der Waals surface area contributed by atoms with Crippen molar-refractivity contribution in [2.24, 2.45) is 0 Å². The maximum Gasteiger partial charge on any atom is 0.157 e. The smallest absolute Gasteiger partial charge is 0.157 e. The van der Waals surface area contributed by atoms with Gasteiger partial charge in [0, 0.05) is 21.3 Å². The maximum absolute atomic E-state index is 9.85. The molecule has 1 aliphatic rings. The van der Waals surface area contributed by atoms with E-state index in [0.29, 0.717) is 6.61 Å². The molecule has 1 aliphatic heterocycles. The molecule has 0 aromatic rings. The first-order chi connectivity index (χ1) is 9.47. The van der Waals surface area contributed by atoms with E-state index in [1.54, 1.807) is 0 Å². The van der Waals surface area contributed by atoms with E-state index in [1.807, 2.05) is 6.08 Å². The van der Waals surface area contributed by atoms with Gasteiger partial charge in [0.1, 0.15) is 0 Å². The Morgan fingerprint density at radius 3 is 2.80 bits per heavy atom. The van der Waals surface area contributed by atoms with Gasteiger partial charge in [-0.05, 0) is 38.5 Å². The van der Waals surface area contributed by atoms with Crippen LogP contribution in [-0.2, 0) is 9.47 Å². The molecule has 20 heavy (non-hydrogen) atoms. The summed E-state index contributed by atoms with van der Waals surface area (Å²) in [7, 11) is -0.946. The number of rotatable bonds is 9. The van der Waals surface area contributed by atoms with E-state index in [-0.39, 0.29) is 12.4 Å². The molecule has 0 radical (unpaired) electrons. The summed E-state index contributed by atoms with van der Waals surface area (Å²) in [6, 6.07) is 1.29. The molecule has 118 valence electrons.